The standard InChI is InChI=1S/C9H10N2O3/c10-9(14)11-7-4-2-1-3-6(7)5-8(12)13/h1-4H,5H2,(H,12,13)(H3,10,11,14). The van der Waals surface area contributed by atoms with Gasteiger partial charge in [-0.15, -0.1) is 0 Å². The lowest BCUT2D eigenvalue weighted by atomic mass is 10.1. The number of carbonyl (C=O) groups is 2. The SMILES string of the molecule is NC(=O)Nc1ccccc1CC(=O)O. The Kier molecular flexibility index (Phi) is 3.06. The maximum atomic E-state index is 10.6. The molecule has 0 atom stereocenters. The molecule has 1 rings (SSSR count). The highest BCUT2D eigenvalue weighted by molar-refractivity contribution is 5.89. The average molecular weight is 194 g/mol. The summed E-state index contributed by atoms with van der Waals surface area (Å²) in [6.07, 6.45) is -0.142. The number of nitrogens with one attached hydrogen (secondary N) is 1. The van der Waals surface area contributed by atoms with Gasteiger partial charge >= 0.3 is 12.0 Å². The van der Waals surface area contributed by atoms with Gasteiger partial charge in [0, 0.05) is 5.69 Å². The van der Waals surface area contributed by atoms with Crippen molar-refractivity contribution < 1.29 is 14.7 Å². The van der Waals surface area contributed by atoms with Gasteiger partial charge in [-0.05, 0) is 11.6 Å². The number of amides is 2. The van der Waals surface area contributed by atoms with Crippen LogP contribution in [0.2, 0.25) is 0 Å². The minimum atomic E-state index is -0.955. The number of carboxylic acids is 1. The molecular weight excluding hydrogens is 184 g/mol. The van der Waals surface area contributed by atoms with Gasteiger partial charge < -0.3 is 16.2 Å². The van der Waals surface area contributed by atoms with Crippen molar-refractivity contribution in [2.45, 2.75) is 6.42 Å². The number of primary amides is 1. The molecule has 0 fully saturated rings. The number of hydrogen-bond acceptors (Lipinski definition) is 2. The van der Waals surface area contributed by atoms with E-state index >= 15 is 0 Å². The summed E-state index contributed by atoms with van der Waals surface area (Å²) in [6, 6.07) is 5.91. The molecule has 5 heteroatoms. The Morgan fingerprint density at radius 2 is 2.00 bits per heavy atom. The number of carboxylic acid groups (broad SMARTS) is 1. The largest absolute Gasteiger partial charge is 0.481 e. The van der Waals surface area contributed by atoms with Crippen LogP contribution in [0, 0.1) is 0 Å². The van der Waals surface area contributed by atoms with Crippen LogP contribution in [-0.4, -0.2) is 17.1 Å². The summed E-state index contributed by atoms with van der Waals surface area (Å²) in [4.78, 5) is 21.0. The van der Waals surface area contributed by atoms with E-state index in [1.54, 1.807) is 24.3 Å². The Bertz CT molecular complexity index is 328. The third kappa shape index (κ3) is 2.78. The molecule has 0 aliphatic heterocycles. The molecule has 0 saturated carbocycles. The first kappa shape index (κ1) is 10.0. The first-order valence-corrected chi connectivity index (χ1v) is 3.95. The van der Waals surface area contributed by atoms with E-state index in [4.69, 9.17) is 10.8 Å². The second kappa shape index (κ2) is 4.27. The minimum Gasteiger partial charge on any atom is -0.481 e. The molecule has 0 saturated heterocycles. The smallest absolute Gasteiger partial charge is 0.316 e. The van der Waals surface area contributed by atoms with Crippen LogP contribution in [0.3, 0.4) is 0 Å². The second-order valence-corrected chi connectivity index (χ2v) is 2.72. The highest BCUT2D eigenvalue weighted by atomic mass is 16.4. The lowest BCUT2D eigenvalue weighted by molar-refractivity contribution is -0.136. The molecule has 2 amide bonds. The fourth-order valence-electron chi connectivity index (χ4n) is 1.09. The summed E-state index contributed by atoms with van der Waals surface area (Å²) >= 11 is 0. The second-order valence-electron chi connectivity index (χ2n) is 2.72. The van der Waals surface area contributed by atoms with Gasteiger partial charge in [0.2, 0.25) is 0 Å². The van der Waals surface area contributed by atoms with Crippen molar-refractivity contribution in [2.75, 3.05) is 5.32 Å². The van der Waals surface area contributed by atoms with Crippen molar-refractivity contribution in [2.24, 2.45) is 5.73 Å². The van der Waals surface area contributed by atoms with E-state index in [1.807, 2.05) is 0 Å². The van der Waals surface area contributed by atoms with Crippen molar-refractivity contribution >= 4 is 17.7 Å². The number of hydrogen-bond donors (Lipinski definition) is 3. The molecule has 0 heterocycles. The van der Waals surface area contributed by atoms with Crippen LogP contribution >= 0.6 is 0 Å². The molecule has 0 radical (unpaired) electrons. The normalized spacial score (nSPS) is 9.43. The lowest BCUT2D eigenvalue weighted by Gasteiger charge is -2.06. The maximum Gasteiger partial charge on any atom is 0.316 e. The van der Waals surface area contributed by atoms with Crippen molar-refractivity contribution in [1.82, 2.24) is 0 Å². The van der Waals surface area contributed by atoms with Gasteiger partial charge in [0.05, 0.1) is 6.42 Å². The molecule has 0 spiro atoms. The summed E-state index contributed by atoms with van der Waals surface area (Å²) in [5.74, 6) is -0.955. The third-order valence-corrected chi connectivity index (χ3v) is 1.62. The van der Waals surface area contributed by atoms with Crippen LogP contribution in [-0.2, 0) is 11.2 Å². The fourth-order valence-corrected chi connectivity index (χ4v) is 1.09. The van der Waals surface area contributed by atoms with Crippen molar-refractivity contribution in [3.05, 3.63) is 29.8 Å². The number of urea groups is 1. The van der Waals surface area contributed by atoms with Crippen LogP contribution in [0.1, 0.15) is 5.56 Å². The molecule has 0 bridgehead atoms. The minimum absolute atomic E-state index is 0.142. The quantitative estimate of drug-likeness (QED) is 0.664. The molecule has 0 aromatic heterocycles. The van der Waals surface area contributed by atoms with Crippen LogP contribution in [0.4, 0.5) is 10.5 Å². The number of anilines is 1. The molecule has 74 valence electrons. The molecule has 1 aromatic carbocycles. The molecular formula is C9H10N2O3. The first-order valence-electron chi connectivity index (χ1n) is 3.95. The zero-order chi connectivity index (χ0) is 10.6. The van der Waals surface area contributed by atoms with Gasteiger partial charge in [-0.25, -0.2) is 4.79 Å². The van der Waals surface area contributed by atoms with Gasteiger partial charge in [-0.2, -0.15) is 0 Å². The van der Waals surface area contributed by atoms with Crippen LogP contribution < -0.4 is 11.1 Å². The van der Waals surface area contributed by atoms with Gasteiger partial charge in [0.15, 0.2) is 0 Å². The highest BCUT2D eigenvalue weighted by Gasteiger charge is 2.06. The van der Waals surface area contributed by atoms with E-state index in [-0.39, 0.29) is 6.42 Å². The van der Waals surface area contributed by atoms with E-state index in [0.29, 0.717) is 11.3 Å². The van der Waals surface area contributed by atoms with E-state index in [1.165, 1.54) is 0 Å². The summed E-state index contributed by atoms with van der Waals surface area (Å²) in [5, 5.41) is 10.9. The topological polar surface area (TPSA) is 92.4 Å². The Labute approximate surface area is 80.5 Å². The molecule has 4 N–H and O–H groups in total. The molecule has 1 aromatic rings. The zero-order valence-corrected chi connectivity index (χ0v) is 7.36. The zero-order valence-electron chi connectivity index (χ0n) is 7.36. The Balaban J connectivity index is 2.90. The van der Waals surface area contributed by atoms with Gasteiger partial charge in [-0.3, -0.25) is 4.79 Å². The third-order valence-electron chi connectivity index (χ3n) is 1.62. The molecule has 14 heavy (non-hydrogen) atoms. The first-order chi connectivity index (χ1) is 6.59. The van der Waals surface area contributed by atoms with E-state index < -0.39 is 12.0 Å². The summed E-state index contributed by atoms with van der Waals surface area (Å²) < 4.78 is 0. The van der Waals surface area contributed by atoms with E-state index in [2.05, 4.69) is 5.32 Å². The number of benzene rings is 1. The molecule has 0 aliphatic carbocycles. The monoisotopic (exact) mass is 194 g/mol. The van der Waals surface area contributed by atoms with Crippen molar-refractivity contribution in [3.8, 4) is 0 Å². The predicted molar refractivity (Wildman–Crippen MR) is 51.0 cm³/mol. The van der Waals surface area contributed by atoms with Crippen LogP contribution in [0.15, 0.2) is 24.3 Å². The summed E-state index contributed by atoms with van der Waals surface area (Å²) in [6.45, 7) is 0. The summed E-state index contributed by atoms with van der Waals surface area (Å²) in [5.41, 5.74) is 5.89. The molecule has 0 aliphatic rings. The fraction of sp³-hybridized carbons (Fsp3) is 0.111. The van der Waals surface area contributed by atoms with E-state index in [0.717, 1.165) is 0 Å². The van der Waals surface area contributed by atoms with Crippen LogP contribution in [0.25, 0.3) is 0 Å². The number of para-hydroxylation sites is 1. The number of nitrogens with two attached hydrogens (primary N) is 1. The Hall–Kier alpha value is -2.04. The lowest BCUT2D eigenvalue weighted by Crippen LogP contribution is -2.20. The number of rotatable bonds is 3. The maximum absolute atomic E-state index is 10.6. The Morgan fingerprint density at radius 1 is 1.36 bits per heavy atom. The molecule has 0 unspecified atom stereocenters. The highest BCUT2D eigenvalue weighted by Crippen LogP contribution is 2.15. The van der Waals surface area contributed by atoms with Gasteiger partial charge in [-0.1, -0.05) is 18.2 Å². The number of carbonyl (C=O) groups excluding carboxylic acids is 1. The molecule has 5 nitrogen and oxygen atoms in total. The van der Waals surface area contributed by atoms with Gasteiger partial charge in [0.1, 0.15) is 0 Å². The average Bonchev–Trinajstić information content (AvgIpc) is 2.06. The van der Waals surface area contributed by atoms with Crippen molar-refractivity contribution in [3.63, 3.8) is 0 Å². The van der Waals surface area contributed by atoms with Gasteiger partial charge in [0.25, 0.3) is 0 Å². The van der Waals surface area contributed by atoms with E-state index in [9.17, 15) is 9.59 Å². The van der Waals surface area contributed by atoms with Crippen LogP contribution in [0.5, 0.6) is 0 Å². The van der Waals surface area contributed by atoms with Crippen molar-refractivity contribution in [1.29, 1.82) is 0 Å². The predicted octanol–water partition coefficient (Wildman–Crippen LogP) is 0.804. The number of aliphatic carboxylic acids is 1. The Morgan fingerprint density at radius 3 is 2.57 bits per heavy atom. The summed E-state index contributed by atoms with van der Waals surface area (Å²) in [7, 11) is 0.